The van der Waals surface area contributed by atoms with E-state index in [4.69, 9.17) is 4.74 Å². The number of ether oxygens (including phenoxy) is 1. The molecule has 1 atom stereocenters. The van der Waals surface area contributed by atoms with Crippen molar-refractivity contribution < 1.29 is 9.53 Å². The van der Waals surface area contributed by atoms with Crippen molar-refractivity contribution in [1.82, 2.24) is 25.0 Å². The maximum atomic E-state index is 12.2. The average Bonchev–Trinajstić information content (AvgIpc) is 3.30. The van der Waals surface area contributed by atoms with E-state index in [0.717, 1.165) is 22.7 Å². The fourth-order valence-corrected chi connectivity index (χ4v) is 4.05. The van der Waals surface area contributed by atoms with Crippen LogP contribution in [0.3, 0.4) is 0 Å². The highest BCUT2D eigenvalue weighted by atomic mass is 32.2. The van der Waals surface area contributed by atoms with Gasteiger partial charge in [0.15, 0.2) is 17.1 Å². The zero-order chi connectivity index (χ0) is 21.0. The van der Waals surface area contributed by atoms with Crippen LogP contribution in [-0.4, -0.2) is 36.6 Å². The first-order chi connectivity index (χ1) is 13.9. The summed E-state index contributed by atoms with van der Waals surface area (Å²) in [5.41, 5.74) is 2.28. The summed E-state index contributed by atoms with van der Waals surface area (Å²) in [4.78, 5) is 12.2. The minimum absolute atomic E-state index is 0.155. The van der Waals surface area contributed by atoms with Gasteiger partial charge in [0.1, 0.15) is 10.8 Å². The van der Waals surface area contributed by atoms with Gasteiger partial charge in [-0.3, -0.25) is 10.1 Å². The first-order valence-corrected chi connectivity index (χ1v) is 11.1. The Labute approximate surface area is 178 Å². The maximum absolute atomic E-state index is 12.2. The second-order valence-corrected chi connectivity index (χ2v) is 8.55. The molecule has 3 aromatic rings. The molecule has 1 N–H and O–H groups in total. The molecule has 0 aliphatic carbocycles. The van der Waals surface area contributed by atoms with Crippen LogP contribution in [-0.2, 0) is 18.3 Å². The number of amides is 1. The van der Waals surface area contributed by atoms with Crippen LogP contribution in [0, 0.1) is 13.8 Å². The zero-order valence-corrected chi connectivity index (χ0v) is 18.7. The SMILES string of the molecule is CCc1nnc(NC(=O)CSc2nnc(C(C)Oc3cccc(C)c3C)n2C)s1. The molecule has 2 heterocycles. The average molecular weight is 433 g/mol. The summed E-state index contributed by atoms with van der Waals surface area (Å²) in [5, 5.41) is 21.2. The third-order valence-corrected chi connectivity index (χ3v) is 6.44. The summed E-state index contributed by atoms with van der Waals surface area (Å²) in [5.74, 6) is 1.58. The molecule has 154 valence electrons. The number of anilines is 1. The van der Waals surface area contributed by atoms with E-state index in [1.165, 1.54) is 28.7 Å². The summed E-state index contributed by atoms with van der Waals surface area (Å²) >= 11 is 2.70. The minimum atomic E-state index is -0.273. The molecule has 0 aliphatic rings. The monoisotopic (exact) mass is 432 g/mol. The number of aromatic nitrogens is 5. The lowest BCUT2D eigenvalue weighted by molar-refractivity contribution is -0.113. The Hall–Kier alpha value is -2.46. The molecule has 0 bridgehead atoms. The molecule has 10 heteroatoms. The van der Waals surface area contributed by atoms with E-state index in [1.807, 2.05) is 44.5 Å². The molecule has 1 unspecified atom stereocenters. The van der Waals surface area contributed by atoms with Crippen molar-refractivity contribution in [2.24, 2.45) is 7.05 Å². The standard InChI is InChI=1S/C19H24N6O2S2/c1-6-16-21-23-18(29-16)20-15(26)10-28-19-24-22-17(25(19)5)13(4)27-14-9-7-8-11(2)12(14)3/h7-9,13H,6,10H2,1-5H3,(H,20,23,26). The first-order valence-electron chi connectivity index (χ1n) is 9.26. The number of hydrogen-bond acceptors (Lipinski definition) is 8. The molecule has 0 radical (unpaired) electrons. The summed E-state index contributed by atoms with van der Waals surface area (Å²) in [7, 11) is 1.87. The molecule has 3 rings (SSSR count). The highest BCUT2D eigenvalue weighted by Crippen LogP contribution is 2.27. The lowest BCUT2D eigenvalue weighted by Gasteiger charge is -2.16. The molecule has 1 amide bonds. The van der Waals surface area contributed by atoms with Gasteiger partial charge in [-0.1, -0.05) is 42.2 Å². The molecular weight excluding hydrogens is 408 g/mol. The normalized spacial score (nSPS) is 12.0. The Bertz CT molecular complexity index is 1000. The quantitative estimate of drug-likeness (QED) is 0.542. The number of carbonyl (C=O) groups is 1. The summed E-state index contributed by atoms with van der Waals surface area (Å²) in [6.45, 7) is 8.03. The van der Waals surface area contributed by atoms with E-state index in [2.05, 4.69) is 38.7 Å². The lowest BCUT2D eigenvalue weighted by Crippen LogP contribution is -2.14. The van der Waals surface area contributed by atoms with Crippen LogP contribution in [0.1, 0.15) is 41.9 Å². The number of carbonyl (C=O) groups excluding carboxylic acids is 1. The molecule has 0 fully saturated rings. The Morgan fingerprint density at radius 2 is 2.07 bits per heavy atom. The Morgan fingerprint density at radius 1 is 1.28 bits per heavy atom. The molecule has 0 saturated heterocycles. The number of rotatable bonds is 8. The highest BCUT2D eigenvalue weighted by molar-refractivity contribution is 7.99. The third kappa shape index (κ3) is 5.13. The van der Waals surface area contributed by atoms with Crippen LogP contribution in [0.15, 0.2) is 23.4 Å². The van der Waals surface area contributed by atoms with Gasteiger partial charge in [-0.05, 0) is 44.4 Å². The Kier molecular flexibility index (Phi) is 6.86. The van der Waals surface area contributed by atoms with E-state index in [-0.39, 0.29) is 17.8 Å². The van der Waals surface area contributed by atoms with Crippen LogP contribution in [0.2, 0.25) is 0 Å². The van der Waals surface area contributed by atoms with E-state index in [0.29, 0.717) is 16.1 Å². The fraction of sp³-hybridized carbons (Fsp3) is 0.421. The topological polar surface area (TPSA) is 94.8 Å². The van der Waals surface area contributed by atoms with E-state index >= 15 is 0 Å². The zero-order valence-electron chi connectivity index (χ0n) is 17.1. The van der Waals surface area contributed by atoms with Crippen molar-refractivity contribution in [3.8, 4) is 5.75 Å². The van der Waals surface area contributed by atoms with Crippen molar-refractivity contribution in [2.45, 2.75) is 45.4 Å². The van der Waals surface area contributed by atoms with Crippen molar-refractivity contribution in [2.75, 3.05) is 11.1 Å². The molecule has 2 aromatic heterocycles. The maximum Gasteiger partial charge on any atom is 0.236 e. The largest absolute Gasteiger partial charge is 0.482 e. The summed E-state index contributed by atoms with van der Waals surface area (Å²) in [6, 6.07) is 5.98. The fourth-order valence-electron chi connectivity index (χ4n) is 2.63. The highest BCUT2D eigenvalue weighted by Gasteiger charge is 2.19. The number of nitrogens with one attached hydrogen (secondary N) is 1. The first kappa shape index (κ1) is 21.3. The molecule has 1 aromatic carbocycles. The minimum Gasteiger partial charge on any atom is -0.482 e. The summed E-state index contributed by atoms with van der Waals surface area (Å²) in [6.07, 6.45) is 0.525. The lowest BCUT2D eigenvalue weighted by atomic mass is 10.1. The number of aryl methyl sites for hydroxylation is 2. The molecule has 8 nitrogen and oxygen atoms in total. The number of benzene rings is 1. The van der Waals surface area contributed by atoms with Crippen LogP contribution in [0.4, 0.5) is 5.13 Å². The van der Waals surface area contributed by atoms with Crippen LogP contribution >= 0.6 is 23.1 Å². The van der Waals surface area contributed by atoms with Crippen molar-refractivity contribution >= 4 is 34.1 Å². The van der Waals surface area contributed by atoms with Gasteiger partial charge in [-0.25, -0.2) is 0 Å². The summed E-state index contributed by atoms with van der Waals surface area (Å²) < 4.78 is 7.95. The van der Waals surface area contributed by atoms with E-state index in [1.54, 1.807) is 0 Å². The van der Waals surface area contributed by atoms with Gasteiger partial charge in [-0.15, -0.1) is 20.4 Å². The van der Waals surface area contributed by atoms with Gasteiger partial charge >= 0.3 is 0 Å². The van der Waals surface area contributed by atoms with Gasteiger partial charge in [0.05, 0.1) is 5.75 Å². The predicted octanol–water partition coefficient (Wildman–Crippen LogP) is 3.72. The van der Waals surface area contributed by atoms with E-state index in [9.17, 15) is 4.79 Å². The van der Waals surface area contributed by atoms with Gasteiger partial charge < -0.3 is 9.30 Å². The molecular formula is C19H24N6O2S2. The number of hydrogen-bond donors (Lipinski definition) is 1. The van der Waals surface area contributed by atoms with Gasteiger partial charge in [0, 0.05) is 7.05 Å². The molecule has 0 spiro atoms. The van der Waals surface area contributed by atoms with E-state index < -0.39 is 0 Å². The van der Waals surface area contributed by atoms with Crippen LogP contribution < -0.4 is 10.1 Å². The van der Waals surface area contributed by atoms with Gasteiger partial charge in [0.25, 0.3) is 0 Å². The molecule has 0 aliphatic heterocycles. The predicted molar refractivity (Wildman–Crippen MR) is 115 cm³/mol. The molecule has 29 heavy (non-hydrogen) atoms. The Morgan fingerprint density at radius 3 is 2.79 bits per heavy atom. The van der Waals surface area contributed by atoms with Crippen LogP contribution in [0.25, 0.3) is 0 Å². The molecule has 0 saturated carbocycles. The number of thioether (sulfide) groups is 1. The second kappa shape index (κ2) is 9.36. The third-order valence-electron chi connectivity index (χ3n) is 4.44. The van der Waals surface area contributed by atoms with Gasteiger partial charge in [-0.2, -0.15) is 0 Å². The smallest absolute Gasteiger partial charge is 0.236 e. The van der Waals surface area contributed by atoms with Crippen molar-refractivity contribution in [3.63, 3.8) is 0 Å². The van der Waals surface area contributed by atoms with Crippen LogP contribution in [0.5, 0.6) is 5.75 Å². The number of nitrogens with zero attached hydrogens (tertiary/aromatic N) is 5. The second-order valence-electron chi connectivity index (χ2n) is 6.55. The van der Waals surface area contributed by atoms with Crippen molar-refractivity contribution in [3.05, 3.63) is 40.2 Å². The Balaban J connectivity index is 1.59. The van der Waals surface area contributed by atoms with Crippen molar-refractivity contribution in [1.29, 1.82) is 0 Å². The van der Waals surface area contributed by atoms with Gasteiger partial charge in [0.2, 0.25) is 11.0 Å².